The quantitative estimate of drug-likeness (QED) is 0.202. The molecule has 2 amide bonds. The summed E-state index contributed by atoms with van der Waals surface area (Å²) in [4.78, 5) is 49.4. The van der Waals surface area contributed by atoms with Gasteiger partial charge in [0.25, 0.3) is 5.56 Å². The Morgan fingerprint density at radius 2 is 1.42 bits per heavy atom. The number of piperazine rings is 1. The predicted molar refractivity (Wildman–Crippen MR) is 197 cm³/mol. The van der Waals surface area contributed by atoms with E-state index < -0.39 is 0 Å². The lowest BCUT2D eigenvalue weighted by Gasteiger charge is -2.44. The van der Waals surface area contributed by atoms with Crippen LogP contribution in [0.25, 0.3) is 27.7 Å². The van der Waals surface area contributed by atoms with Crippen molar-refractivity contribution in [2.45, 2.75) is 69.4 Å². The van der Waals surface area contributed by atoms with E-state index in [9.17, 15) is 14.4 Å². The number of nitrogen functional groups attached to an aromatic ring is 1. The van der Waals surface area contributed by atoms with Crippen molar-refractivity contribution in [3.63, 3.8) is 0 Å². The summed E-state index contributed by atoms with van der Waals surface area (Å²) in [5.41, 5.74) is 12.9. The van der Waals surface area contributed by atoms with Crippen molar-refractivity contribution in [3.8, 4) is 0 Å². The van der Waals surface area contributed by atoms with Gasteiger partial charge in [-0.3, -0.25) is 29.0 Å². The molecule has 0 radical (unpaired) electrons. The minimum Gasteiger partial charge on any atom is -0.398 e. The van der Waals surface area contributed by atoms with Crippen molar-refractivity contribution in [3.05, 3.63) is 76.6 Å². The second-order valence-corrected chi connectivity index (χ2v) is 14.6. The largest absolute Gasteiger partial charge is 0.398 e. The first-order valence-corrected chi connectivity index (χ1v) is 18.4. The molecule has 3 saturated heterocycles. The number of piperidine rings is 2. The van der Waals surface area contributed by atoms with Gasteiger partial charge in [0.1, 0.15) is 0 Å². The van der Waals surface area contributed by atoms with Gasteiger partial charge in [-0.25, -0.2) is 0 Å². The number of nitrogens with zero attached hydrogens (tertiary/aromatic N) is 6. The molecular formula is C39H44N8O3. The number of rotatable bonds is 5. The third-order valence-corrected chi connectivity index (χ3v) is 11.9. The number of aromatic nitrogens is 3. The van der Waals surface area contributed by atoms with Crippen LogP contribution in [0.5, 0.6) is 0 Å². The molecule has 3 aliphatic heterocycles. The molecule has 1 atom stereocenters. The summed E-state index contributed by atoms with van der Waals surface area (Å²) in [5.74, 6) is 0.114. The molecule has 0 bridgehead atoms. The van der Waals surface area contributed by atoms with E-state index in [0.29, 0.717) is 36.0 Å². The molecule has 11 heteroatoms. The van der Waals surface area contributed by atoms with Gasteiger partial charge in [-0.2, -0.15) is 4.98 Å². The lowest BCUT2D eigenvalue weighted by atomic mass is 9.90. The number of carbonyl (C=O) groups excluding carboxylic acids is 2. The van der Waals surface area contributed by atoms with E-state index in [1.807, 2.05) is 12.1 Å². The van der Waals surface area contributed by atoms with Crippen LogP contribution in [0.3, 0.4) is 0 Å². The van der Waals surface area contributed by atoms with Gasteiger partial charge < -0.3 is 20.1 Å². The summed E-state index contributed by atoms with van der Waals surface area (Å²) in [6.45, 7) is 6.07. The summed E-state index contributed by atoms with van der Waals surface area (Å²) < 4.78 is 4.48. The van der Waals surface area contributed by atoms with Crippen molar-refractivity contribution in [2.75, 3.05) is 54.8 Å². The average molecular weight is 673 g/mol. The highest BCUT2D eigenvalue weighted by molar-refractivity contribution is 6.01. The molecule has 50 heavy (non-hydrogen) atoms. The number of imidazole rings is 1. The summed E-state index contributed by atoms with van der Waals surface area (Å²) >= 11 is 0. The van der Waals surface area contributed by atoms with Crippen molar-refractivity contribution in [1.82, 2.24) is 24.2 Å². The van der Waals surface area contributed by atoms with Gasteiger partial charge in [0.15, 0.2) is 0 Å². The van der Waals surface area contributed by atoms with E-state index in [1.165, 1.54) is 24.2 Å². The Morgan fingerprint density at radius 3 is 2.16 bits per heavy atom. The van der Waals surface area contributed by atoms with Crippen LogP contribution in [0.4, 0.5) is 17.1 Å². The minimum atomic E-state index is -0.258. The third kappa shape index (κ3) is 5.30. The lowest BCUT2D eigenvalue weighted by Crippen LogP contribution is -2.53. The zero-order chi connectivity index (χ0) is 33.9. The van der Waals surface area contributed by atoms with Gasteiger partial charge in [0.2, 0.25) is 17.6 Å². The molecule has 5 aromatic rings. The number of nitrogens with one attached hydrogen (secondary N) is 1. The maximum absolute atomic E-state index is 13.3. The highest BCUT2D eigenvalue weighted by atomic mass is 16.2. The fraction of sp³-hybridized carbons (Fsp3) is 0.436. The maximum atomic E-state index is 13.3. The molecule has 2 aromatic heterocycles. The number of imide groups is 1. The number of hydrogen-bond acceptors (Lipinski definition) is 8. The fourth-order valence-corrected chi connectivity index (χ4v) is 9.16. The van der Waals surface area contributed by atoms with Gasteiger partial charge in [-0.15, -0.1) is 0 Å². The van der Waals surface area contributed by atoms with Crippen molar-refractivity contribution >= 4 is 56.6 Å². The van der Waals surface area contributed by atoms with E-state index in [4.69, 9.17) is 5.73 Å². The van der Waals surface area contributed by atoms with Crippen LogP contribution >= 0.6 is 0 Å². The molecule has 0 spiro atoms. The molecule has 9 rings (SSSR count). The number of amides is 2. The smallest absolute Gasteiger partial charge is 0.284 e. The Balaban J connectivity index is 0.891. The van der Waals surface area contributed by atoms with Crippen LogP contribution in [-0.4, -0.2) is 76.0 Å². The average Bonchev–Trinajstić information content (AvgIpc) is 3.78. The molecule has 4 fully saturated rings. The van der Waals surface area contributed by atoms with E-state index in [0.717, 1.165) is 92.8 Å². The second kappa shape index (κ2) is 12.5. The first kappa shape index (κ1) is 31.1. The second-order valence-electron chi connectivity index (χ2n) is 14.6. The Bertz CT molecular complexity index is 2170. The van der Waals surface area contributed by atoms with E-state index in [-0.39, 0.29) is 23.3 Å². The molecule has 3 N–H and O–H groups in total. The maximum Gasteiger partial charge on any atom is 0.284 e. The van der Waals surface area contributed by atoms with Crippen molar-refractivity contribution in [2.24, 2.45) is 0 Å². The number of carbonyl (C=O) groups is 2. The lowest BCUT2D eigenvalue weighted by molar-refractivity contribution is -0.134. The van der Waals surface area contributed by atoms with Crippen LogP contribution in [0, 0.1) is 0 Å². The van der Waals surface area contributed by atoms with Gasteiger partial charge >= 0.3 is 0 Å². The molecule has 4 aliphatic rings. The van der Waals surface area contributed by atoms with Gasteiger partial charge in [0, 0.05) is 74.8 Å². The van der Waals surface area contributed by atoms with Crippen LogP contribution in [0.2, 0.25) is 0 Å². The van der Waals surface area contributed by atoms with Gasteiger partial charge in [-0.1, -0.05) is 31.0 Å². The number of hydrogen-bond donors (Lipinski definition) is 2. The monoisotopic (exact) mass is 672 g/mol. The molecule has 1 aliphatic carbocycles. The molecule has 1 saturated carbocycles. The topological polar surface area (TPSA) is 121 Å². The Hall–Kier alpha value is -4.90. The SMILES string of the molecule is Nc1cccc2c1c(=O)nc1n(C3CCCC3)c3cc(N4CCC(N5CCN(c6ccc(C7CCC(=O)NC7=O)cc6)CC5)CC4)ccc3n21. The summed E-state index contributed by atoms with van der Waals surface area (Å²) in [7, 11) is 0. The summed E-state index contributed by atoms with van der Waals surface area (Å²) in [6.07, 6.45) is 7.82. The normalized spacial score (nSPS) is 21.6. The molecule has 258 valence electrons. The molecule has 3 aromatic carbocycles. The molecule has 1 unspecified atom stereocenters. The number of nitrogens with two attached hydrogens (primary N) is 1. The fourth-order valence-electron chi connectivity index (χ4n) is 9.16. The Kier molecular flexibility index (Phi) is 7.75. The predicted octanol–water partition coefficient (Wildman–Crippen LogP) is 4.81. The first-order chi connectivity index (χ1) is 24.4. The van der Waals surface area contributed by atoms with Gasteiger partial charge in [-0.05, 0) is 80.1 Å². The molecular weight excluding hydrogens is 628 g/mol. The van der Waals surface area contributed by atoms with Crippen LogP contribution in [0.1, 0.15) is 68.9 Å². The third-order valence-electron chi connectivity index (χ3n) is 11.9. The summed E-state index contributed by atoms with van der Waals surface area (Å²) in [6, 6.07) is 21.7. The highest BCUT2D eigenvalue weighted by Crippen LogP contribution is 2.38. The number of benzene rings is 3. The highest BCUT2D eigenvalue weighted by Gasteiger charge is 2.31. The summed E-state index contributed by atoms with van der Waals surface area (Å²) in [5, 5.41) is 2.96. The van der Waals surface area contributed by atoms with Gasteiger partial charge in [0.05, 0.1) is 27.9 Å². The van der Waals surface area contributed by atoms with Crippen molar-refractivity contribution < 1.29 is 9.59 Å². The van der Waals surface area contributed by atoms with Crippen LogP contribution in [-0.2, 0) is 9.59 Å². The number of anilines is 3. The van der Waals surface area contributed by atoms with Crippen LogP contribution in [0.15, 0.2) is 65.5 Å². The van der Waals surface area contributed by atoms with Crippen LogP contribution < -0.4 is 26.4 Å². The Morgan fingerprint density at radius 1 is 0.700 bits per heavy atom. The first-order valence-electron chi connectivity index (χ1n) is 18.4. The molecule has 5 heterocycles. The zero-order valence-corrected chi connectivity index (χ0v) is 28.4. The molecule has 11 nitrogen and oxygen atoms in total. The van der Waals surface area contributed by atoms with E-state index in [2.05, 4.69) is 76.4 Å². The van der Waals surface area contributed by atoms with E-state index >= 15 is 0 Å². The minimum absolute atomic E-state index is 0.176. The van der Waals surface area contributed by atoms with Crippen molar-refractivity contribution in [1.29, 1.82) is 0 Å². The standard InChI is InChI=1S/C39H44N8O3/c40-31-6-3-7-33-36(31)38(50)42-39-46(28-4-1-2-5-28)34-24-29(12-14-32(34)47(33)39)43-18-16-27(17-19-43)45-22-20-44(21-23-45)26-10-8-25(9-11-26)30-13-15-35(48)41-37(30)49/h3,6-12,14,24,27-28,30H,1-2,4-5,13,15-23,40H2,(H,41,48,49). The Labute approximate surface area is 290 Å². The zero-order valence-electron chi connectivity index (χ0n) is 28.4. The number of fused-ring (bicyclic) bond motifs is 5. The van der Waals surface area contributed by atoms with E-state index in [1.54, 1.807) is 6.07 Å².